The fourth-order valence-corrected chi connectivity index (χ4v) is 2.38. The van der Waals surface area contributed by atoms with Crippen LogP contribution in [0.1, 0.15) is 50.7 Å². The van der Waals surface area contributed by atoms with Crippen LogP contribution in [0.5, 0.6) is 0 Å². The number of nitrogens with zero attached hydrogens (tertiary/aromatic N) is 1. The minimum absolute atomic E-state index is 0.981. The van der Waals surface area contributed by atoms with Crippen LogP contribution in [0.15, 0.2) is 18.2 Å². The van der Waals surface area contributed by atoms with E-state index >= 15 is 0 Å². The lowest BCUT2D eigenvalue weighted by Crippen LogP contribution is -2.20. The van der Waals surface area contributed by atoms with Crippen LogP contribution in [0.3, 0.4) is 0 Å². The molecule has 0 spiro atoms. The summed E-state index contributed by atoms with van der Waals surface area (Å²) in [5, 5.41) is 3.46. The number of unbranched alkanes of at least 4 members (excludes halogenated alkanes) is 2. The van der Waals surface area contributed by atoms with Gasteiger partial charge in [-0.15, -0.1) is 0 Å². The number of benzene rings is 1. The normalized spacial score (nSPS) is 10.7. The zero-order valence-electron chi connectivity index (χ0n) is 13.1. The van der Waals surface area contributed by atoms with Crippen molar-refractivity contribution in [3.63, 3.8) is 0 Å². The average molecular weight is 262 g/mol. The zero-order valence-corrected chi connectivity index (χ0v) is 13.1. The summed E-state index contributed by atoms with van der Waals surface area (Å²) >= 11 is 0. The van der Waals surface area contributed by atoms with Crippen molar-refractivity contribution >= 4 is 5.69 Å². The van der Waals surface area contributed by atoms with Crippen LogP contribution in [0.2, 0.25) is 0 Å². The first-order valence-corrected chi connectivity index (χ1v) is 7.70. The van der Waals surface area contributed by atoms with Gasteiger partial charge in [0.2, 0.25) is 0 Å². The molecule has 0 atom stereocenters. The number of anilines is 1. The van der Waals surface area contributed by atoms with E-state index in [-0.39, 0.29) is 0 Å². The Hall–Kier alpha value is -1.02. The predicted octanol–water partition coefficient (Wildman–Crippen LogP) is 4.12. The fraction of sp³-hybridized carbons (Fsp3) is 0.647. The zero-order chi connectivity index (χ0) is 14.1. The third kappa shape index (κ3) is 5.65. The summed E-state index contributed by atoms with van der Waals surface area (Å²) in [5.74, 6) is 0. The first kappa shape index (κ1) is 16.0. The van der Waals surface area contributed by atoms with Crippen LogP contribution in [0, 0.1) is 6.92 Å². The standard InChI is InChI=1S/C17H30N2/c1-5-7-8-12-19(4)17-10-9-16(13-15(17)3)14-18-11-6-2/h9-10,13,18H,5-8,11-12,14H2,1-4H3. The van der Waals surface area contributed by atoms with E-state index in [2.05, 4.69) is 56.2 Å². The van der Waals surface area contributed by atoms with Crippen molar-refractivity contribution in [2.45, 2.75) is 53.0 Å². The van der Waals surface area contributed by atoms with Crippen LogP contribution >= 0.6 is 0 Å². The number of rotatable bonds is 9. The molecule has 0 radical (unpaired) electrons. The van der Waals surface area contributed by atoms with Crippen molar-refractivity contribution in [3.05, 3.63) is 29.3 Å². The lowest BCUT2D eigenvalue weighted by Gasteiger charge is -2.22. The molecule has 0 unspecified atom stereocenters. The second kappa shape index (κ2) is 8.98. The molecule has 0 aliphatic carbocycles. The van der Waals surface area contributed by atoms with Crippen molar-refractivity contribution in [2.24, 2.45) is 0 Å². The summed E-state index contributed by atoms with van der Waals surface area (Å²) in [5.41, 5.74) is 4.14. The highest BCUT2D eigenvalue weighted by Crippen LogP contribution is 2.20. The molecule has 1 rings (SSSR count). The molecule has 108 valence electrons. The Morgan fingerprint density at radius 3 is 2.53 bits per heavy atom. The third-order valence-electron chi connectivity index (χ3n) is 3.53. The first-order valence-electron chi connectivity index (χ1n) is 7.70. The Bertz CT molecular complexity index is 360. The summed E-state index contributed by atoms with van der Waals surface area (Å²) < 4.78 is 0. The van der Waals surface area contributed by atoms with Gasteiger partial charge in [-0.1, -0.05) is 38.8 Å². The average Bonchev–Trinajstić information content (AvgIpc) is 2.39. The molecule has 1 aromatic carbocycles. The van der Waals surface area contributed by atoms with Gasteiger partial charge < -0.3 is 10.2 Å². The van der Waals surface area contributed by atoms with Crippen molar-refractivity contribution in [1.82, 2.24) is 5.32 Å². The summed E-state index contributed by atoms with van der Waals surface area (Å²) in [6.45, 7) is 9.90. The van der Waals surface area contributed by atoms with Gasteiger partial charge in [0.05, 0.1) is 0 Å². The van der Waals surface area contributed by atoms with Gasteiger partial charge in [-0.05, 0) is 43.5 Å². The molecule has 2 heteroatoms. The van der Waals surface area contributed by atoms with Gasteiger partial charge in [0.15, 0.2) is 0 Å². The molecule has 0 amide bonds. The van der Waals surface area contributed by atoms with Gasteiger partial charge in [-0.3, -0.25) is 0 Å². The summed E-state index contributed by atoms with van der Waals surface area (Å²) in [7, 11) is 2.20. The number of aryl methyl sites for hydroxylation is 1. The highest BCUT2D eigenvalue weighted by molar-refractivity contribution is 5.53. The minimum atomic E-state index is 0.981. The van der Waals surface area contributed by atoms with E-state index < -0.39 is 0 Å². The van der Waals surface area contributed by atoms with E-state index in [1.54, 1.807) is 0 Å². The fourth-order valence-electron chi connectivity index (χ4n) is 2.38. The number of hydrogen-bond acceptors (Lipinski definition) is 2. The summed E-state index contributed by atoms with van der Waals surface area (Å²) in [4.78, 5) is 2.38. The van der Waals surface area contributed by atoms with Gasteiger partial charge in [0.1, 0.15) is 0 Å². The number of hydrogen-bond donors (Lipinski definition) is 1. The molecule has 0 saturated heterocycles. The Kier molecular flexibility index (Phi) is 7.57. The van der Waals surface area contributed by atoms with Gasteiger partial charge >= 0.3 is 0 Å². The van der Waals surface area contributed by atoms with Gasteiger partial charge in [0.25, 0.3) is 0 Å². The molecule has 19 heavy (non-hydrogen) atoms. The molecule has 0 aliphatic rings. The van der Waals surface area contributed by atoms with Crippen LogP contribution in [0.4, 0.5) is 5.69 Å². The Balaban J connectivity index is 2.55. The largest absolute Gasteiger partial charge is 0.374 e. The van der Waals surface area contributed by atoms with E-state index in [1.807, 2.05) is 0 Å². The topological polar surface area (TPSA) is 15.3 Å². The molecule has 0 aromatic heterocycles. The van der Waals surface area contributed by atoms with Crippen LogP contribution in [-0.2, 0) is 6.54 Å². The molecular weight excluding hydrogens is 232 g/mol. The summed E-state index contributed by atoms with van der Waals surface area (Å²) in [6.07, 6.45) is 5.08. The van der Waals surface area contributed by atoms with Crippen LogP contribution in [0.25, 0.3) is 0 Å². The lowest BCUT2D eigenvalue weighted by molar-refractivity contribution is 0.675. The van der Waals surface area contributed by atoms with Crippen molar-refractivity contribution in [1.29, 1.82) is 0 Å². The van der Waals surface area contributed by atoms with E-state index in [4.69, 9.17) is 0 Å². The Morgan fingerprint density at radius 2 is 1.89 bits per heavy atom. The summed E-state index contributed by atoms with van der Waals surface area (Å²) in [6, 6.07) is 6.83. The minimum Gasteiger partial charge on any atom is -0.374 e. The van der Waals surface area contributed by atoms with Crippen LogP contribution in [-0.4, -0.2) is 20.1 Å². The molecule has 0 fully saturated rings. The molecule has 0 bridgehead atoms. The third-order valence-corrected chi connectivity index (χ3v) is 3.53. The smallest absolute Gasteiger partial charge is 0.0393 e. The van der Waals surface area contributed by atoms with E-state index in [1.165, 1.54) is 42.5 Å². The molecule has 2 nitrogen and oxygen atoms in total. The van der Waals surface area contributed by atoms with Gasteiger partial charge in [-0.25, -0.2) is 0 Å². The van der Waals surface area contributed by atoms with Gasteiger partial charge in [-0.2, -0.15) is 0 Å². The van der Waals surface area contributed by atoms with Gasteiger partial charge in [0, 0.05) is 25.8 Å². The predicted molar refractivity (Wildman–Crippen MR) is 86.0 cm³/mol. The number of nitrogens with one attached hydrogen (secondary N) is 1. The molecule has 0 aliphatic heterocycles. The molecular formula is C17H30N2. The quantitative estimate of drug-likeness (QED) is 0.673. The monoisotopic (exact) mass is 262 g/mol. The highest BCUT2D eigenvalue weighted by Gasteiger charge is 2.05. The van der Waals surface area contributed by atoms with Crippen molar-refractivity contribution in [3.8, 4) is 0 Å². The molecule has 0 saturated carbocycles. The Labute approximate surface area is 119 Å². The molecule has 1 aromatic rings. The maximum atomic E-state index is 3.46. The SMILES string of the molecule is CCCCCN(C)c1ccc(CNCCC)cc1C. The molecule has 1 N–H and O–H groups in total. The molecule has 0 heterocycles. The Morgan fingerprint density at radius 1 is 1.11 bits per heavy atom. The lowest BCUT2D eigenvalue weighted by atomic mass is 10.1. The van der Waals surface area contributed by atoms with Crippen molar-refractivity contribution in [2.75, 3.05) is 25.0 Å². The van der Waals surface area contributed by atoms with E-state index in [0.29, 0.717) is 0 Å². The maximum Gasteiger partial charge on any atom is 0.0393 e. The van der Waals surface area contributed by atoms with Crippen LogP contribution < -0.4 is 10.2 Å². The first-order chi connectivity index (χ1) is 9.19. The maximum absolute atomic E-state index is 3.46. The van der Waals surface area contributed by atoms with E-state index in [9.17, 15) is 0 Å². The second-order valence-corrected chi connectivity index (χ2v) is 5.43. The highest BCUT2D eigenvalue weighted by atomic mass is 15.1. The van der Waals surface area contributed by atoms with Crippen molar-refractivity contribution < 1.29 is 0 Å². The second-order valence-electron chi connectivity index (χ2n) is 5.43. The van der Waals surface area contributed by atoms with E-state index in [0.717, 1.165) is 19.6 Å².